The molecule has 7 heteroatoms. The van der Waals surface area contributed by atoms with Crippen molar-refractivity contribution >= 4 is 22.4 Å². The van der Waals surface area contributed by atoms with Crippen molar-refractivity contribution in [3.05, 3.63) is 30.1 Å². The van der Waals surface area contributed by atoms with Crippen molar-refractivity contribution in [2.45, 2.75) is 42.5 Å². The van der Waals surface area contributed by atoms with Crippen molar-refractivity contribution in [2.75, 3.05) is 6.54 Å². The number of rotatable bonds is 4. The Bertz CT molecular complexity index is 545. The van der Waals surface area contributed by atoms with Gasteiger partial charge in [-0.1, -0.05) is 25.3 Å². The molecule has 0 bridgehead atoms. The molecule has 1 aliphatic rings. The second-order valence-electron chi connectivity index (χ2n) is 5.20. The van der Waals surface area contributed by atoms with E-state index in [1.807, 2.05) is 0 Å². The molecule has 0 radical (unpaired) electrons. The van der Waals surface area contributed by atoms with Gasteiger partial charge in [-0.15, -0.1) is 12.4 Å². The predicted molar refractivity (Wildman–Crippen MR) is 78.8 cm³/mol. The first kappa shape index (κ1) is 17.4. The van der Waals surface area contributed by atoms with Crippen LogP contribution in [0.3, 0.4) is 0 Å². The molecule has 0 atom stereocenters. The van der Waals surface area contributed by atoms with Crippen molar-refractivity contribution in [2.24, 2.45) is 5.73 Å². The molecule has 0 saturated heterocycles. The Hall–Kier alpha value is -0.690. The van der Waals surface area contributed by atoms with Crippen LogP contribution in [0.4, 0.5) is 4.39 Å². The van der Waals surface area contributed by atoms with Crippen LogP contribution in [0.2, 0.25) is 0 Å². The van der Waals surface area contributed by atoms with Gasteiger partial charge in [-0.05, 0) is 31.0 Å². The Morgan fingerprint density at radius 3 is 2.50 bits per heavy atom. The van der Waals surface area contributed by atoms with E-state index in [2.05, 4.69) is 4.72 Å². The van der Waals surface area contributed by atoms with Gasteiger partial charge < -0.3 is 5.73 Å². The molecule has 0 spiro atoms. The van der Waals surface area contributed by atoms with E-state index >= 15 is 0 Å². The van der Waals surface area contributed by atoms with Gasteiger partial charge in [0.1, 0.15) is 5.82 Å². The molecule has 1 aromatic carbocycles. The van der Waals surface area contributed by atoms with Crippen LogP contribution in [0, 0.1) is 5.82 Å². The summed E-state index contributed by atoms with van der Waals surface area (Å²) >= 11 is 0. The summed E-state index contributed by atoms with van der Waals surface area (Å²) in [5.74, 6) is -0.567. The van der Waals surface area contributed by atoms with Crippen LogP contribution >= 0.6 is 12.4 Å². The summed E-state index contributed by atoms with van der Waals surface area (Å²) in [5, 5.41) is 0. The minimum absolute atomic E-state index is 0. The van der Waals surface area contributed by atoms with E-state index in [0.717, 1.165) is 38.2 Å². The molecule has 3 N–H and O–H groups in total. The van der Waals surface area contributed by atoms with E-state index in [1.54, 1.807) is 0 Å². The van der Waals surface area contributed by atoms with Gasteiger partial charge >= 0.3 is 0 Å². The summed E-state index contributed by atoms with van der Waals surface area (Å²) in [7, 11) is -3.69. The van der Waals surface area contributed by atoms with Crippen LogP contribution in [0.25, 0.3) is 0 Å². The molecular formula is C13H20ClFN2O2S. The second kappa shape index (κ2) is 6.85. The zero-order valence-electron chi connectivity index (χ0n) is 11.1. The number of benzene rings is 1. The van der Waals surface area contributed by atoms with E-state index in [-0.39, 0.29) is 23.8 Å². The van der Waals surface area contributed by atoms with Gasteiger partial charge in [0.25, 0.3) is 0 Å². The third-order valence-electron chi connectivity index (χ3n) is 3.57. The van der Waals surface area contributed by atoms with Crippen molar-refractivity contribution < 1.29 is 12.8 Å². The summed E-state index contributed by atoms with van der Waals surface area (Å²) < 4.78 is 39.6. The molecule has 0 amide bonds. The summed E-state index contributed by atoms with van der Waals surface area (Å²) in [6.07, 6.45) is 4.84. The van der Waals surface area contributed by atoms with Gasteiger partial charge in [0.2, 0.25) is 10.0 Å². The number of hydrogen-bond acceptors (Lipinski definition) is 3. The van der Waals surface area contributed by atoms with E-state index in [0.29, 0.717) is 0 Å². The molecular weight excluding hydrogens is 303 g/mol. The summed E-state index contributed by atoms with van der Waals surface area (Å²) in [5.41, 5.74) is 5.70. The topological polar surface area (TPSA) is 72.2 Å². The lowest BCUT2D eigenvalue weighted by molar-refractivity contribution is 0.296. The highest BCUT2D eigenvalue weighted by atomic mass is 35.5. The van der Waals surface area contributed by atoms with Crippen LogP contribution in [0.15, 0.2) is 29.2 Å². The van der Waals surface area contributed by atoms with Crippen molar-refractivity contribution in [1.29, 1.82) is 0 Å². The van der Waals surface area contributed by atoms with Crippen LogP contribution in [-0.4, -0.2) is 20.5 Å². The number of nitrogens with one attached hydrogen (secondary N) is 1. The summed E-state index contributed by atoms with van der Waals surface area (Å²) in [4.78, 5) is -0.0630. The maximum atomic E-state index is 13.1. The molecule has 4 nitrogen and oxygen atoms in total. The minimum atomic E-state index is -3.69. The molecule has 1 fully saturated rings. The molecule has 2 rings (SSSR count). The van der Waals surface area contributed by atoms with Crippen molar-refractivity contribution in [3.63, 3.8) is 0 Å². The van der Waals surface area contributed by atoms with Gasteiger partial charge in [0.05, 0.1) is 4.90 Å². The van der Waals surface area contributed by atoms with Crippen LogP contribution in [-0.2, 0) is 10.0 Å². The summed E-state index contributed by atoms with van der Waals surface area (Å²) in [6, 6.07) is 4.97. The highest BCUT2D eigenvalue weighted by molar-refractivity contribution is 7.89. The Morgan fingerprint density at radius 1 is 1.25 bits per heavy atom. The number of nitrogens with two attached hydrogens (primary N) is 1. The molecule has 1 aliphatic carbocycles. The number of halogens is 2. The Labute approximate surface area is 125 Å². The lowest BCUT2D eigenvalue weighted by atomic mass is 9.83. The van der Waals surface area contributed by atoms with E-state index < -0.39 is 21.4 Å². The average Bonchev–Trinajstić information content (AvgIpc) is 2.38. The Morgan fingerprint density at radius 2 is 1.90 bits per heavy atom. The second-order valence-corrected chi connectivity index (χ2v) is 6.97. The SMILES string of the molecule is Cl.NC1(CNS(=O)(=O)c2cccc(F)c2)CCCCC1. The Balaban J connectivity index is 0.00000200. The fourth-order valence-electron chi connectivity index (χ4n) is 2.39. The summed E-state index contributed by atoms with van der Waals surface area (Å²) in [6.45, 7) is 0.200. The van der Waals surface area contributed by atoms with Crippen molar-refractivity contribution in [3.8, 4) is 0 Å². The monoisotopic (exact) mass is 322 g/mol. The zero-order chi connectivity index (χ0) is 13.9. The Kier molecular flexibility index (Phi) is 5.94. The highest BCUT2D eigenvalue weighted by Crippen LogP contribution is 2.25. The van der Waals surface area contributed by atoms with Crippen molar-refractivity contribution in [1.82, 2.24) is 4.72 Å². The van der Waals surface area contributed by atoms with Crippen LogP contribution < -0.4 is 10.5 Å². The molecule has 1 saturated carbocycles. The van der Waals surface area contributed by atoms with E-state index in [1.165, 1.54) is 18.2 Å². The molecule has 0 aliphatic heterocycles. The normalized spacial score (nSPS) is 18.3. The van der Waals surface area contributed by atoms with Gasteiger partial charge in [0.15, 0.2) is 0 Å². The van der Waals surface area contributed by atoms with Gasteiger partial charge in [-0.3, -0.25) is 0 Å². The maximum absolute atomic E-state index is 13.1. The molecule has 0 unspecified atom stereocenters. The minimum Gasteiger partial charge on any atom is -0.324 e. The predicted octanol–water partition coefficient (Wildman–Crippen LogP) is 2.19. The molecule has 1 aromatic rings. The average molecular weight is 323 g/mol. The van der Waals surface area contributed by atoms with Crippen LogP contribution in [0.1, 0.15) is 32.1 Å². The molecule has 0 aromatic heterocycles. The van der Waals surface area contributed by atoms with E-state index in [4.69, 9.17) is 5.73 Å². The molecule has 0 heterocycles. The first-order chi connectivity index (χ1) is 8.91. The third-order valence-corrected chi connectivity index (χ3v) is 4.97. The fourth-order valence-corrected chi connectivity index (χ4v) is 3.56. The lowest BCUT2D eigenvalue weighted by Crippen LogP contribution is -2.51. The lowest BCUT2D eigenvalue weighted by Gasteiger charge is -2.33. The van der Waals surface area contributed by atoms with Crippen LogP contribution in [0.5, 0.6) is 0 Å². The third kappa shape index (κ3) is 4.41. The standard InChI is InChI=1S/C13H19FN2O2S.ClH/c14-11-5-4-6-12(9-11)19(17,18)16-10-13(15)7-2-1-3-8-13;/h4-6,9,16H,1-3,7-8,10,15H2;1H. The highest BCUT2D eigenvalue weighted by Gasteiger charge is 2.29. The smallest absolute Gasteiger partial charge is 0.240 e. The number of hydrogen-bond donors (Lipinski definition) is 2. The maximum Gasteiger partial charge on any atom is 0.240 e. The molecule has 20 heavy (non-hydrogen) atoms. The quantitative estimate of drug-likeness (QED) is 0.892. The first-order valence-corrected chi connectivity index (χ1v) is 7.94. The zero-order valence-corrected chi connectivity index (χ0v) is 12.8. The van der Waals surface area contributed by atoms with Gasteiger partial charge in [0, 0.05) is 12.1 Å². The number of sulfonamides is 1. The first-order valence-electron chi connectivity index (χ1n) is 6.45. The van der Waals surface area contributed by atoms with E-state index in [9.17, 15) is 12.8 Å². The fraction of sp³-hybridized carbons (Fsp3) is 0.538. The largest absolute Gasteiger partial charge is 0.324 e. The van der Waals surface area contributed by atoms with Gasteiger partial charge in [-0.2, -0.15) is 0 Å². The molecule has 114 valence electrons. The van der Waals surface area contributed by atoms with Gasteiger partial charge in [-0.25, -0.2) is 17.5 Å².